The monoisotopic (exact) mass is 120 g/mol. The molecule has 0 saturated heterocycles. The molecule has 0 bridgehead atoms. The van der Waals surface area contributed by atoms with Crippen LogP contribution in [0, 0.1) is 0 Å². The summed E-state index contributed by atoms with van der Waals surface area (Å²) in [6.07, 6.45) is 6.53. The highest BCUT2D eigenvalue weighted by Crippen LogP contribution is 1.98. The summed E-state index contributed by atoms with van der Waals surface area (Å²) in [5, 5.41) is 0. The highest BCUT2D eigenvalue weighted by molar-refractivity contribution is 5.75. The van der Waals surface area contributed by atoms with Gasteiger partial charge in [0.15, 0.2) is 5.82 Å². The third kappa shape index (κ3) is 0.650. The van der Waals surface area contributed by atoms with Gasteiger partial charge in [-0.05, 0) is 0 Å². The van der Waals surface area contributed by atoms with Crippen LogP contribution in [-0.4, -0.2) is 22.3 Å². The largest absolute Gasteiger partial charge is 0.328 e. The Labute approximate surface area is 53.1 Å². The molecule has 0 aromatic carbocycles. The Morgan fingerprint density at radius 2 is 2.67 bits per heavy atom. The van der Waals surface area contributed by atoms with Crippen molar-refractivity contribution in [2.45, 2.75) is 6.54 Å². The molecule has 3 heteroatoms. The molecule has 1 aromatic rings. The van der Waals surface area contributed by atoms with Gasteiger partial charge in [-0.3, -0.25) is 4.99 Å². The first kappa shape index (κ1) is 4.73. The third-order valence-electron chi connectivity index (χ3n) is 1.35. The number of aromatic nitrogens is 2. The topological polar surface area (TPSA) is 30.2 Å². The second kappa shape index (κ2) is 1.69. The molecule has 1 aliphatic heterocycles. The zero-order valence-electron chi connectivity index (χ0n) is 4.91. The minimum Gasteiger partial charge on any atom is -0.328 e. The fourth-order valence-corrected chi connectivity index (χ4v) is 0.887. The SMILES string of the molecule is [C]1=NCCn2ccnc21. The molecule has 2 rings (SSSR count). The molecule has 45 valence electrons. The molecule has 0 saturated carbocycles. The van der Waals surface area contributed by atoms with Gasteiger partial charge in [0.2, 0.25) is 0 Å². The van der Waals surface area contributed by atoms with E-state index < -0.39 is 0 Å². The molecule has 0 aliphatic carbocycles. The van der Waals surface area contributed by atoms with Crippen LogP contribution < -0.4 is 0 Å². The van der Waals surface area contributed by atoms with E-state index >= 15 is 0 Å². The van der Waals surface area contributed by atoms with Crippen LogP contribution in [0.2, 0.25) is 0 Å². The normalized spacial score (nSPS) is 15.6. The number of hydrogen-bond acceptors (Lipinski definition) is 2. The Kier molecular flexibility index (Phi) is 0.886. The van der Waals surface area contributed by atoms with Crippen molar-refractivity contribution in [1.82, 2.24) is 9.55 Å². The molecule has 1 aromatic heterocycles. The number of imidazole rings is 1. The highest BCUT2D eigenvalue weighted by Gasteiger charge is 2.02. The van der Waals surface area contributed by atoms with E-state index in [0.29, 0.717) is 0 Å². The van der Waals surface area contributed by atoms with E-state index in [0.717, 1.165) is 18.9 Å². The summed E-state index contributed by atoms with van der Waals surface area (Å²) in [7, 11) is 0. The van der Waals surface area contributed by atoms with Gasteiger partial charge in [-0.1, -0.05) is 0 Å². The molecule has 0 atom stereocenters. The summed E-state index contributed by atoms with van der Waals surface area (Å²) in [6.45, 7) is 1.78. The second-order valence-corrected chi connectivity index (χ2v) is 1.94. The molecule has 1 radical (unpaired) electrons. The smallest absolute Gasteiger partial charge is 0.160 e. The van der Waals surface area contributed by atoms with Crippen LogP contribution in [-0.2, 0) is 6.54 Å². The first-order chi connectivity index (χ1) is 4.47. The van der Waals surface area contributed by atoms with E-state index in [2.05, 4.69) is 16.2 Å². The van der Waals surface area contributed by atoms with Crippen molar-refractivity contribution in [3.63, 3.8) is 0 Å². The first-order valence-electron chi connectivity index (χ1n) is 2.90. The summed E-state index contributed by atoms with van der Waals surface area (Å²) >= 11 is 0. The minimum absolute atomic E-state index is 0.837. The van der Waals surface area contributed by atoms with Crippen LogP contribution in [0.25, 0.3) is 0 Å². The quantitative estimate of drug-likeness (QED) is 0.480. The Balaban J connectivity index is 2.53. The Hall–Kier alpha value is -1.12. The lowest BCUT2D eigenvalue weighted by molar-refractivity contribution is 0.688. The molecule has 0 spiro atoms. The van der Waals surface area contributed by atoms with Crippen LogP contribution in [0.15, 0.2) is 17.4 Å². The predicted octanol–water partition coefficient (Wildman–Crippen LogP) is 0.193. The number of nitrogens with zero attached hydrogens (tertiary/aromatic N) is 3. The van der Waals surface area contributed by atoms with Crippen molar-refractivity contribution in [3.05, 3.63) is 18.2 Å². The van der Waals surface area contributed by atoms with Gasteiger partial charge in [0.25, 0.3) is 0 Å². The lowest BCUT2D eigenvalue weighted by Crippen LogP contribution is -2.09. The summed E-state index contributed by atoms with van der Waals surface area (Å²) in [5.74, 6) is 0.848. The van der Waals surface area contributed by atoms with Gasteiger partial charge in [-0.15, -0.1) is 0 Å². The van der Waals surface area contributed by atoms with Crippen LogP contribution >= 0.6 is 0 Å². The van der Waals surface area contributed by atoms with Crippen LogP contribution in [0.5, 0.6) is 0 Å². The summed E-state index contributed by atoms with van der Waals surface area (Å²) in [4.78, 5) is 7.97. The van der Waals surface area contributed by atoms with Crippen molar-refractivity contribution >= 4 is 6.21 Å². The predicted molar refractivity (Wildman–Crippen MR) is 33.6 cm³/mol. The summed E-state index contributed by atoms with van der Waals surface area (Å²) < 4.78 is 2.03. The highest BCUT2D eigenvalue weighted by atomic mass is 15.1. The van der Waals surface area contributed by atoms with Crippen molar-refractivity contribution in [2.24, 2.45) is 4.99 Å². The summed E-state index contributed by atoms with van der Waals surface area (Å²) in [6, 6.07) is 0. The van der Waals surface area contributed by atoms with E-state index in [4.69, 9.17) is 0 Å². The number of rotatable bonds is 0. The molecular weight excluding hydrogens is 114 g/mol. The van der Waals surface area contributed by atoms with Crippen LogP contribution in [0.1, 0.15) is 5.82 Å². The van der Waals surface area contributed by atoms with E-state index in [1.807, 2.05) is 10.8 Å². The average molecular weight is 120 g/mol. The van der Waals surface area contributed by atoms with Crippen molar-refractivity contribution < 1.29 is 0 Å². The molecule has 2 heterocycles. The molecule has 0 amide bonds. The average Bonchev–Trinajstić information content (AvgIpc) is 2.33. The maximum Gasteiger partial charge on any atom is 0.160 e. The fourth-order valence-electron chi connectivity index (χ4n) is 0.887. The molecule has 9 heavy (non-hydrogen) atoms. The Morgan fingerprint density at radius 3 is 3.56 bits per heavy atom. The maximum absolute atomic E-state index is 4.01. The number of fused-ring (bicyclic) bond motifs is 1. The minimum atomic E-state index is 0.837. The van der Waals surface area contributed by atoms with Crippen LogP contribution in [0.3, 0.4) is 0 Å². The Morgan fingerprint density at radius 1 is 1.67 bits per heavy atom. The molecule has 1 aliphatic rings. The molecule has 0 unspecified atom stereocenters. The van der Waals surface area contributed by atoms with E-state index in [9.17, 15) is 0 Å². The van der Waals surface area contributed by atoms with E-state index in [1.54, 1.807) is 6.20 Å². The van der Waals surface area contributed by atoms with Crippen molar-refractivity contribution in [2.75, 3.05) is 6.54 Å². The molecular formula is C6H6N3. The number of aliphatic imine (C=N–C) groups is 1. The van der Waals surface area contributed by atoms with E-state index in [1.165, 1.54) is 0 Å². The molecule has 3 nitrogen and oxygen atoms in total. The van der Waals surface area contributed by atoms with Gasteiger partial charge in [0.05, 0.1) is 6.54 Å². The molecule has 0 fully saturated rings. The number of hydrogen-bond donors (Lipinski definition) is 0. The summed E-state index contributed by atoms with van der Waals surface area (Å²) in [5.41, 5.74) is 0. The Bertz CT molecular complexity index is 236. The zero-order chi connectivity index (χ0) is 6.10. The third-order valence-corrected chi connectivity index (χ3v) is 1.35. The lowest BCUT2D eigenvalue weighted by Gasteiger charge is -2.04. The standard InChI is InChI=1S/C6H6N3/c1-3-9-4-2-8-6(9)5-7-1/h2,4H,1,3H2. The first-order valence-corrected chi connectivity index (χ1v) is 2.90. The lowest BCUT2D eigenvalue weighted by atomic mass is 10.5. The van der Waals surface area contributed by atoms with Gasteiger partial charge in [0, 0.05) is 18.9 Å². The van der Waals surface area contributed by atoms with Crippen LogP contribution in [0.4, 0.5) is 0 Å². The second-order valence-electron chi connectivity index (χ2n) is 1.94. The zero-order valence-corrected chi connectivity index (χ0v) is 4.91. The van der Waals surface area contributed by atoms with E-state index in [-0.39, 0.29) is 0 Å². The van der Waals surface area contributed by atoms with Gasteiger partial charge >= 0.3 is 0 Å². The van der Waals surface area contributed by atoms with Gasteiger partial charge < -0.3 is 4.57 Å². The van der Waals surface area contributed by atoms with Crippen molar-refractivity contribution in [1.29, 1.82) is 0 Å². The van der Waals surface area contributed by atoms with Crippen molar-refractivity contribution in [3.8, 4) is 0 Å². The fraction of sp³-hybridized carbons (Fsp3) is 0.333. The van der Waals surface area contributed by atoms with Gasteiger partial charge in [0.1, 0.15) is 6.21 Å². The van der Waals surface area contributed by atoms with Gasteiger partial charge in [-0.25, -0.2) is 4.98 Å². The maximum atomic E-state index is 4.01. The van der Waals surface area contributed by atoms with Gasteiger partial charge in [-0.2, -0.15) is 0 Å². The molecule has 0 N–H and O–H groups in total.